The molecule has 1 heterocycles. The molecule has 0 aromatic carbocycles. The third kappa shape index (κ3) is 6.06. The van der Waals surface area contributed by atoms with Gasteiger partial charge in [-0.25, -0.2) is 0 Å². The lowest BCUT2D eigenvalue weighted by Crippen LogP contribution is -2.40. The predicted molar refractivity (Wildman–Crippen MR) is 79.5 cm³/mol. The normalized spacial score (nSPS) is 10.6. The van der Waals surface area contributed by atoms with Gasteiger partial charge in [0.25, 0.3) is 0 Å². The maximum absolute atomic E-state index is 12.0. The summed E-state index contributed by atoms with van der Waals surface area (Å²) in [6.45, 7) is 3.41. The van der Waals surface area contributed by atoms with Gasteiger partial charge in [-0.3, -0.25) is 14.6 Å². The number of aliphatic carboxylic acids is 1. The molecule has 0 fully saturated rings. The molecule has 0 aliphatic rings. The van der Waals surface area contributed by atoms with Crippen LogP contribution in [0.3, 0.4) is 0 Å². The summed E-state index contributed by atoms with van der Waals surface area (Å²) in [7, 11) is 0. The van der Waals surface area contributed by atoms with E-state index < -0.39 is 5.97 Å². The molecule has 0 spiro atoms. The van der Waals surface area contributed by atoms with Gasteiger partial charge in [0.05, 0.1) is 5.69 Å². The highest BCUT2D eigenvalue weighted by Crippen LogP contribution is 2.12. The first kappa shape index (κ1) is 16.5. The van der Waals surface area contributed by atoms with Gasteiger partial charge in [-0.15, -0.1) is 0 Å². The minimum Gasteiger partial charge on any atom is -0.480 e. The minimum atomic E-state index is -0.979. The number of aromatic nitrogens is 1. The lowest BCUT2D eigenvalue weighted by atomic mass is 10.3. The molecule has 110 valence electrons. The molecule has 1 amide bonds. The molecule has 0 unspecified atom stereocenters. The summed E-state index contributed by atoms with van der Waals surface area (Å²) in [5.41, 5.74) is 0.983. The number of thioether (sulfide) groups is 1. The zero-order chi connectivity index (χ0) is 15.0. The van der Waals surface area contributed by atoms with Crippen LogP contribution in [-0.4, -0.2) is 45.2 Å². The zero-order valence-corrected chi connectivity index (χ0v) is 12.6. The quantitative estimate of drug-likeness (QED) is 0.743. The van der Waals surface area contributed by atoms with Crippen molar-refractivity contribution in [2.75, 3.05) is 12.3 Å². The molecule has 5 nitrogen and oxygen atoms in total. The van der Waals surface area contributed by atoms with Crippen LogP contribution in [0.25, 0.3) is 0 Å². The number of carboxylic acid groups (broad SMARTS) is 1. The average molecular weight is 296 g/mol. The van der Waals surface area contributed by atoms with Crippen molar-refractivity contribution >= 4 is 23.6 Å². The standard InChI is InChI=1S/C14H20N2O3S/c1-11(2)16(9-14(18)19)13(17)6-8-20-10-12-5-3-4-7-15-12/h3-5,7,11H,6,8-10H2,1-2H3,(H,18,19). The fourth-order valence-electron chi connectivity index (χ4n) is 1.67. The number of amides is 1. The summed E-state index contributed by atoms with van der Waals surface area (Å²) in [6.07, 6.45) is 2.09. The third-order valence-corrected chi connectivity index (χ3v) is 3.68. The topological polar surface area (TPSA) is 70.5 Å². The first-order valence-corrected chi connectivity index (χ1v) is 7.65. The second-order valence-corrected chi connectivity index (χ2v) is 5.74. The lowest BCUT2D eigenvalue weighted by Gasteiger charge is -2.24. The fourth-order valence-corrected chi connectivity index (χ4v) is 2.51. The van der Waals surface area contributed by atoms with Gasteiger partial charge in [-0.05, 0) is 26.0 Å². The Morgan fingerprint density at radius 3 is 2.70 bits per heavy atom. The molecule has 0 radical (unpaired) electrons. The van der Waals surface area contributed by atoms with Crippen LogP contribution in [0.4, 0.5) is 0 Å². The van der Waals surface area contributed by atoms with Crippen LogP contribution in [0.15, 0.2) is 24.4 Å². The van der Waals surface area contributed by atoms with E-state index >= 15 is 0 Å². The second kappa shape index (κ2) is 8.58. The lowest BCUT2D eigenvalue weighted by molar-refractivity contribution is -0.145. The van der Waals surface area contributed by atoms with E-state index in [1.807, 2.05) is 32.0 Å². The van der Waals surface area contributed by atoms with Gasteiger partial charge >= 0.3 is 5.97 Å². The maximum atomic E-state index is 12.0. The van der Waals surface area contributed by atoms with Crippen molar-refractivity contribution < 1.29 is 14.7 Å². The van der Waals surface area contributed by atoms with Crippen LogP contribution >= 0.6 is 11.8 Å². The number of hydrogen-bond donors (Lipinski definition) is 1. The number of nitrogens with zero attached hydrogens (tertiary/aromatic N) is 2. The maximum Gasteiger partial charge on any atom is 0.323 e. The smallest absolute Gasteiger partial charge is 0.323 e. The Hall–Kier alpha value is -1.56. The molecule has 6 heteroatoms. The van der Waals surface area contributed by atoms with Gasteiger partial charge in [0.15, 0.2) is 0 Å². The van der Waals surface area contributed by atoms with E-state index in [2.05, 4.69) is 4.98 Å². The van der Waals surface area contributed by atoms with Crippen molar-refractivity contribution in [3.05, 3.63) is 30.1 Å². The zero-order valence-electron chi connectivity index (χ0n) is 11.8. The van der Waals surface area contributed by atoms with Crippen molar-refractivity contribution in [2.45, 2.75) is 32.1 Å². The fraction of sp³-hybridized carbons (Fsp3) is 0.500. The van der Waals surface area contributed by atoms with Gasteiger partial charge in [0.1, 0.15) is 6.54 Å². The summed E-state index contributed by atoms with van der Waals surface area (Å²) in [6, 6.07) is 5.64. The van der Waals surface area contributed by atoms with Crippen LogP contribution in [0.5, 0.6) is 0 Å². The SMILES string of the molecule is CC(C)N(CC(=O)O)C(=O)CCSCc1ccccn1. The minimum absolute atomic E-state index is 0.0978. The molecule has 0 atom stereocenters. The van der Waals surface area contributed by atoms with Crippen LogP contribution in [0, 0.1) is 0 Å². The highest BCUT2D eigenvalue weighted by molar-refractivity contribution is 7.98. The summed E-state index contributed by atoms with van der Waals surface area (Å²) < 4.78 is 0. The highest BCUT2D eigenvalue weighted by Gasteiger charge is 2.19. The second-order valence-electron chi connectivity index (χ2n) is 4.63. The van der Waals surface area contributed by atoms with Crippen molar-refractivity contribution in [2.24, 2.45) is 0 Å². The number of hydrogen-bond acceptors (Lipinski definition) is 4. The molecular weight excluding hydrogens is 276 g/mol. The van der Waals surface area contributed by atoms with Crippen LogP contribution in [0.1, 0.15) is 26.0 Å². The Morgan fingerprint density at radius 2 is 2.15 bits per heavy atom. The average Bonchev–Trinajstić information content (AvgIpc) is 2.41. The van der Waals surface area contributed by atoms with Gasteiger partial charge in [-0.2, -0.15) is 11.8 Å². The van der Waals surface area contributed by atoms with E-state index in [-0.39, 0.29) is 18.5 Å². The largest absolute Gasteiger partial charge is 0.480 e. The predicted octanol–water partition coefficient (Wildman–Crippen LogP) is 2.03. The molecule has 1 aromatic heterocycles. The highest BCUT2D eigenvalue weighted by atomic mass is 32.2. The monoisotopic (exact) mass is 296 g/mol. The van der Waals surface area contributed by atoms with Gasteiger partial charge in [-0.1, -0.05) is 6.07 Å². The van der Waals surface area contributed by atoms with Gasteiger partial charge < -0.3 is 10.0 Å². The Labute approximate surface area is 123 Å². The van der Waals surface area contributed by atoms with Gasteiger partial charge in [0, 0.05) is 30.2 Å². The summed E-state index contributed by atoms with van der Waals surface area (Å²) in [4.78, 5) is 28.3. The van der Waals surface area contributed by atoms with Crippen molar-refractivity contribution in [3.8, 4) is 0 Å². The third-order valence-electron chi connectivity index (χ3n) is 2.69. The Morgan fingerprint density at radius 1 is 1.40 bits per heavy atom. The van der Waals surface area contributed by atoms with E-state index in [0.29, 0.717) is 12.2 Å². The van der Waals surface area contributed by atoms with Gasteiger partial charge in [0.2, 0.25) is 5.91 Å². The van der Waals surface area contributed by atoms with Crippen LogP contribution in [-0.2, 0) is 15.3 Å². The Balaban J connectivity index is 2.32. The first-order valence-electron chi connectivity index (χ1n) is 6.49. The molecule has 1 aromatic rings. The Bertz CT molecular complexity index is 437. The molecule has 0 saturated heterocycles. The van der Waals surface area contributed by atoms with Crippen molar-refractivity contribution in [1.82, 2.24) is 9.88 Å². The summed E-state index contributed by atoms with van der Waals surface area (Å²) in [5, 5.41) is 8.79. The first-order chi connectivity index (χ1) is 9.50. The van der Waals surface area contributed by atoms with E-state index in [4.69, 9.17) is 5.11 Å². The van der Waals surface area contributed by atoms with Crippen molar-refractivity contribution in [1.29, 1.82) is 0 Å². The number of carbonyl (C=O) groups is 2. The van der Waals surface area contributed by atoms with Crippen LogP contribution in [0.2, 0.25) is 0 Å². The summed E-state index contributed by atoms with van der Waals surface area (Å²) in [5.74, 6) is 0.330. The number of carbonyl (C=O) groups excluding carboxylic acids is 1. The molecule has 0 bridgehead atoms. The van der Waals surface area contributed by atoms with E-state index in [1.54, 1.807) is 18.0 Å². The summed E-state index contributed by atoms with van der Waals surface area (Å²) >= 11 is 1.63. The number of rotatable bonds is 8. The molecular formula is C14H20N2O3S. The van der Waals surface area contributed by atoms with Crippen molar-refractivity contribution in [3.63, 3.8) is 0 Å². The molecule has 0 aliphatic carbocycles. The van der Waals surface area contributed by atoms with E-state index in [0.717, 1.165) is 11.4 Å². The Kier molecular flexibility index (Phi) is 7.08. The molecule has 20 heavy (non-hydrogen) atoms. The number of pyridine rings is 1. The molecule has 1 N–H and O–H groups in total. The molecule has 1 rings (SSSR count). The van der Waals surface area contributed by atoms with Crippen LogP contribution < -0.4 is 0 Å². The number of carboxylic acids is 1. The molecule has 0 saturated carbocycles. The molecule has 0 aliphatic heterocycles. The van der Waals surface area contributed by atoms with E-state index in [1.165, 1.54) is 4.90 Å². The van der Waals surface area contributed by atoms with E-state index in [9.17, 15) is 9.59 Å².